The average Bonchev–Trinajstić information content (AvgIpc) is 2.94. The van der Waals surface area contributed by atoms with Crippen LogP contribution in [0.3, 0.4) is 0 Å². The highest BCUT2D eigenvalue weighted by molar-refractivity contribution is 5.51. The smallest absolute Gasteiger partial charge is 0.126 e. The van der Waals surface area contributed by atoms with Crippen molar-refractivity contribution >= 4 is 0 Å². The number of ether oxygens (including phenoxy) is 1. The van der Waals surface area contributed by atoms with E-state index in [-0.39, 0.29) is 6.61 Å². The minimum atomic E-state index is 0.259. The predicted molar refractivity (Wildman–Crippen MR) is 58.3 cm³/mol. The highest BCUT2D eigenvalue weighted by Crippen LogP contribution is 2.56. The van der Waals surface area contributed by atoms with E-state index >= 15 is 0 Å². The van der Waals surface area contributed by atoms with Crippen LogP contribution in [0.5, 0.6) is 5.75 Å². The van der Waals surface area contributed by atoms with E-state index < -0.39 is 0 Å². The Morgan fingerprint density at radius 1 is 1.33 bits per heavy atom. The van der Waals surface area contributed by atoms with E-state index in [1.807, 2.05) is 0 Å². The second-order valence-electron chi connectivity index (χ2n) is 4.69. The number of aryl methyl sites for hydroxylation is 1. The highest BCUT2D eigenvalue weighted by atomic mass is 16.5. The third kappa shape index (κ3) is 1.36. The minimum absolute atomic E-state index is 0.259. The van der Waals surface area contributed by atoms with E-state index in [2.05, 4.69) is 18.2 Å². The lowest BCUT2D eigenvalue weighted by molar-refractivity contribution is 0.286. The summed E-state index contributed by atoms with van der Waals surface area (Å²) < 4.78 is 5.82. The average molecular weight is 204 g/mol. The lowest BCUT2D eigenvalue weighted by atomic mass is 9.95. The number of aliphatic hydroxyl groups excluding tert-OH is 1. The Bertz CT molecular complexity index is 380. The van der Waals surface area contributed by atoms with Gasteiger partial charge in [-0.1, -0.05) is 18.2 Å². The summed E-state index contributed by atoms with van der Waals surface area (Å²) in [6, 6.07) is 6.45. The summed E-state index contributed by atoms with van der Waals surface area (Å²) in [5.41, 5.74) is 3.06. The molecule has 0 unspecified atom stereocenters. The lowest BCUT2D eigenvalue weighted by Crippen LogP contribution is -2.06. The number of benzene rings is 1. The molecule has 1 fully saturated rings. The molecule has 2 nitrogen and oxygen atoms in total. The second-order valence-corrected chi connectivity index (χ2v) is 4.69. The predicted octanol–water partition coefficient (Wildman–Crippen LogP) is 2.04. The third-order valence-electron chi connectivity index (χ3n) is 3.62. The van der Waals surface area contributed by atoms with E-state index in [0.717, 1.165) is 25.2 Å². The summed E-state index contributed by atoms with van der Waals surface area (Å²) in [4.78, 5) is 0. The molecule has 0 atom stereocenters. The van der Waals surface area contributed by atoms with Crippen molar-refractivity contribution in [3.8, 4) is 5.75 Å². The third-order valence-corrected chi connectivity index (χ3v) is 3.62. The molecule has 1 spiro atoms. The number of rotatable bonds is 3. The minimum Gasteiger partial charge on any atom is -0.492 e. The highest BCUT2D eigenvalue weighted by Gasteiger charge is 2.50. The molecule has 15 heavy (non-hydrogen) atoms. The van der Waals surface area contributed by atoms with Gasteiger partial charge in [0.25, 0.3) is 0 Å². The first-order chi connectivity index (χ1) is 7.36. The fraction of sp³-hybridized carbons (Fsp3) is 0.538. The van der Waals surface area contributed by atoms with E-state index in [4.69, 9.17) is 9.84 Å². The van der Waals surface area contributed by atoms with Crippen LogP contribution in [0.25, 0.3) is 0 Å². The second kappa shape index (κ2) is 3.24. The topological polar surface area (TPSA) is 29.5 Å². The molecule has 1 aromatic carbocycles. The molecule has 1 saturated carbocycles. The SMILES string of the molecule is OCCCc1cccc2c1OCC21CC1. The summed E-state index contributed by atoms with van der Waals surface area (Å²) in [7, 11) is 0. The van der Waals surface area contributed by atoms with Crippen molar-refractivity contribution < 1.29 is 9.84 Å². The van der Waals surface area contributed by atoms with Crippen molar-refractivity contribution in [2.75, 3.05) is 13.2 Å². The molecule has 1 aliphatic heterocycles. The zero-order chi connectivity index (χ0) is 10.3. The number of hydrogen-bond acceptors (Lipinski definition) is 2. The Labute approximate surface area is 89.9 Å². The van der Waals surface area contributed by atoms with Crippen LogP contribution < -0.4 is 4.74 Å². The van der Waals surface area contributed by atoms with E-state index in [9.17, 15) is 0 Å². The summed E-state index contributed by atoms with van der Waals surface area (Å²) in [5.74, 6) is 1.11. The standard InChI is InChI=1S/C13H16O2/c14-8-2-4-10-3-1-5-11-12(10)15-9-13(11)6-7-13/h1,3,5,14H,2,4,6-9H2. The van der Waals surface area contributed by atoms with Gasteiger partial charge in [-0.15, -0.1) is 0 Å². The van der Waals surface area contributed by atoms with Gasteiger partial charge in [-0.3, -0.25) is 0 Å². The molecule has 80 valence electrons. The normalized spacial score (nSPS) is 20.1. The molecule has 0 amide bonds. The fourth-order valence-electron chi connectivity index (χ4n) is 2.49. The van der Waals surface area contributed by atoms with Gasteiger partial charge in [0, 0.05) is 17.6 Å². The van der Waals surface area contributed by atoms with Gasteiger partial charge in [0.05, 0.1) is 6.61 Å². The van der Waals surface area contributed by atoms with Gasteiger partial charge in [-0.2, -0.15) is 0 Å². The summed E-state index contributed by atoms with van der Waals surface area (Å²) in [6.45, 7) is 1.13. The van der Waals surface area contributed by atoms with Crippen LogP contribution in [0.2, 0.25) is 0 Å². The quantitative estimate of drug-likeness (QED) is 0.816. The van der Waals surface area contributed by atoms with Crippen LogP contribution in [0.1, 0.15) is 30.4 Å². The molecule has 0 bridgehead atoms. The van der Waals surface area contributed by atoms with Crippen LogP contribution in [0.15, 0.2) is 18.2 Å². The van der Waals surface area contributed by atoms with Crippen LogP contribution in [0.4, 0.5) is 0 Å². The number of para-hydroxylation sites is 1. The van der Waals surface area contributed by atoms with Crippen molar-refractivity contribution in [1.29, 1.82) is 0 Å². The van der Waals surface area contributed by atoms with Crippen LogP contribution >= 0.6 is 0 Å². The molecule has 3 rings (SSSR count). The van der Waals surface area contributed by atoms with E-state index in [0.29, 0.717) is 5.41 Å². The first-order valence-corrected chi connectivity index (χ1v) is 5.72. The maximum atomic E-state index is 8.85. The van der Waals surface area contributed by atoms with Gasteiger partial charge in [-0.05, 0) is 31.2 Å². The van der Waals surface area contributed by atoms with Gasteiger partial charge >= 0.3 is 0 Å². The van der Waals surface area contributed by atoms with Crippen molar-refractivity contribution in [2.45, 2.75) is 31.1 Å². The van der Waals surface area contributed by atoms with E-state index in [1.54, 1.807) is 0 Å². The molecular weight excluding hydrogens is 188 g/mol. The number of aliphatic hydroxyl groups is 1. The summed E-state index contributed by atoms with van der Waals surface area (Å²) in [6.07, 6.45) is 4.31. The summed E-state index contributed by atoms with van der Waals surface area (Å²) in [5, 5.41) is 8.85. The lowest BCUT2D eigenvalue weighted by Gasteiger charge is -2.07. The molecule has 0 saturated heterocycles. The van der Waals surface area contributed by atoms with Crippen molar-refractivity contribution in [3.05, 3.63) is 29.3 Å². The molecule has 1 heterocycles. The zero-order valence-corrected chi connectivity index (χ0v) is 8.83. The van der Waals surface area contributed by atoms with Crippen molar-refractivity contribution in [1.82, 2.24) is 0 Å². The Hall–Kier alpha value is -1.02. The maximum Gasteiger partial charge on any atom is 0.126 e. The van der Waals surface area contributed by atoms with Gasteiger partial charge < -0.3 is 9.84 Å². The molecular formula is C13H16O2. The Morgan fingerprint density at radius 3 is 2.93 bits per heavy atom. The van der Waals surface area contributed by atoms with Gasteiger partial charge in [0.2, 0.25) is 0 Å². The molecule has 1 N–H and O–H groups in total. The summed E-state index contributed by atoms with van der Waals surface area (Å²) >= 11 is 0. The number of fused-ring (bicyclic) bond motifs is 2. The molecule has 1 aliphatic carbocycles. The Balaban J connectivity index is 1.94. The Kier molecular flexibility index (Phi) is 1.99. The molecule has 2 heteroatoms. The van der Waals surface area contributed by atoms with Crippen molar-refractivity contribution in [3.63, 3.8) is 0 Å². The van der Waals surface area contributed by atoms with E-state index in [1.165, 1.54) is 24.0 Å². The molecule has 0 radical (unpaired) electrons. The van der Waals surface area contributed by atoms with Gasteiger partial charge in [-0.25, -0.2) is 0 Å². The number of hydrogen-bond donors (Lipinski definition) is 1. The maximum absolute atomic E-state index is 8.85. The fourth-order valence-corrected chi connectivity index (χ4v) is 2.49. The van der Waals surface area contributed by atoms with Crippen LogP contribution in [-0.2, 0) is 11.8 Å². The van der Waals surface area contributed by atoms with Crippen molar-refractivity contribution in [2.24, 2.45) is 0 Å². The first kappa shape index (κ1) is 9.22. The molecule has 2 aliphatic rings. The largest absolute Gasteiger partial charge is 0.492 e. The molecule has 1 aromatic rings. The molecule has 0 aromatic heterocycles. The van der Waals surface area contributed by atoms with Gasteiger partial charge in [0.1, 0.15) is 5.75 Å². The monoisotopic (exact) mass is 204 g/mol. The van der Waals surface area contributed by atoms with Crippen LogP contribution in [0, 0.1) is 0 Å². The Morgan fingerprint density at radius 2 is 2.20 bits per heavy atom. The first-order valence-electron chi connectivity index (χ1n) is 5.72. The zero-order valence-electron chi connectivity index (χ0n) is 8.83. The van der Waals surface area contributed by atoms with Gasteiger partial charge in [0.15, 0.2) is 0 Å². The van der Waals surface area contributed by atoms with Crippen LogP contribution in [-0.4, -0.2) is 18.3 Å².